The van der Waals surface area contributed by atoms with E-state index in [-0.39, 0.29) is 5.78 Å². The van der Waals surface area contributed by atoms with Gasteiger partial charge in [0.15, 0.2) is 10.1 Å². The molecule has 0 aromatic carbocycles. The van der Waals surface area contributed by atoms with Crippen LogP contribution in [-0.4, -0.2) is 22.7 Å². The molecule has 0 aliphatic heterocycles. The normalized spacial score (nSPS) is 19.7. The van der Waals surface area contributed by atoms with Gasteiger partial charge in [0.25, 0.3) is 0 Å². The molecule has 3 nitrogen and oxygen atoms in total. The molecule has 1 aliphatic carbocycles. The highest BCUT2D eigenvalue weighted by Crippen LogP contribution is 2.35. The van der Waals surface area contributed by atoms with Crippen molar-refractivity contribution in [1.82, 2.24) is 0 Å². The number of Topliss-reactive ketones (excluding diaryl/α,β-unsaturated/α-hetero) is 1. The third-order valence-electron chi connectivity index (χ3n) is 2.10. The van der Waals surface area contributed by atoms with E-state index in [1.54, 1.807) is 13.0 Å². The van der Waals surface area contributed by atoms with Gasteiger partial charge in [0.1, 0.15) is 0 Å². The maximum Gasteiger partial charge on any atom is 0.330 e. The van der Waals surface area contributed by atoms with Crippen LogP contribution in [0, 0.1) is 0 Å². The van der Waals surface area contributed by atoms with Crippen molar-refractivity contribution in [2.75, 3.05) is 6.61 Å². The molecular formula is C11H12Cl2O3. The lowest BCUT2D eigenvalue weighted by Gasteiger charge is -2.21. The van der Waals surface area contributed by atoms with Crippen LogP contribution in [0.3, 0.4) is 0 Å². The minimum absolute atomic E-state index is 0.297. The van der Waals surface area contributed by atoms with Gasteiger partial charge in [-0.2, -0.15) is 0 Å². The molecule has 0 bridgehead atoms. The zero-order valence-electron chi connectivity index (χ0n) is 8.83. The Bertz CT molecular complexity index is 356. The van der Waals surface area contributed by atoms with E-state index in [9.17, 15) is 9.59 Å². The third kappa shape index (κ3) is 3.35. The van der Waals surface area contributed by atoms with E-state index in [1.165, 1.54) is 12.2 Å². The van der Waals surface area contributed by atoms with Crippen LogP contribution in [0.2, 0.25) is 0 Å². The van der Waals surface area contributed by atoms with Gasteiger partial charge in [-0.3, -0.25) is 4.79 Å². The SMILES string of the molecule is CCOC(=O)/C=C/C1=CCCC(Cl)(Cl)C1=O. The van der Waals surface area contributed by atoms with Gasteiger partial charge in [0.05, 0.1) is 6.61 Å². The number of hydrogen-bond acceptors (Lipinski definition) is 3. The Labute approximate surface area is 104 Å². The molecule has 0 atom stereocenters. The number of carbonyl (C=O) groups excluding carboxylic acids is 2. The monoisotopic (exact) mass is 262 g/mol. The average molecular weight is 263 g/mol. The molecule has 88 valence electrons. The number of halogens is 2. The first-order valence-corrected chi connectivity index (χ1v) is 5.70. The first-order valence-electron chi connectivity index (χ1n) is 4.95. The first-order chi connectivity index (χ1) is 7.47. The second-order valence-corrected chi connectivity index (χ2v) is 4.80. The van der Waals surface area contributed by atoms with Gasteiger partial charge in [0, 0.05) is 11.6 Å². The molecule has 1 rings (SSSR count). The number of esters is 1. The number of alkyl halides is 2. The molecule has 0 fully saturated rings. The van der Waals surface area contributed by atoms with E-state index in [4.69, 9.17) is 23.2 Å². The molecule has 0 N–H and O–H groups in total. The Morgan fingerprint density at radius 3 is 2.94 bits per heavy atom. The summed E-state index contributed by atoms with van der Waals surface area (Å²) in [6, 6.07) is 0. The smallest absolute Gasteiger partial charge is 0.330 e. The van der Waals surface area contributed by atoms with E-state index in [0.29, 0.717) is 25.0 Å². The first kappa shape index (κ1) is 13.3. The Morgan fingerprint density at radius 1 is 1.62 bits per heavy atom. The number of ether oxygens (including phenoxy) is 1. The summed E-state index contributed by atoms with van der Waals surface area (Å²) in [6.07, 6.45) is 5.30. The standard InChI is InChI=1S/C11H12Cl2O3/c1-2-16-9(14)6-5-8-4-3-7-11(12,13)10(8)15/h4-6H,2-3,7H2,1H3/b6-5+. The quantitative estimate of drug-likeness (QED) is 0.446. The van der Waals surface area contributed by atoms with Crippen LogP contribution in [-0.2, 0) is 14.3 Å². The molecule has 0 unspecified atom stereocenters. The molecule has 0 aromatic rings. The third-order valence-corrected chi connectivity index (χ3v) is 2.82. The predicted octanol–water partition coefficient (Wildman–Crippen LogP) is 2.57. The van der Waals surface area contributed by atoms with Gasteiger partial charge in [-0.15, -0.1) is 0 Å². The Balaban J connectivity index is 2.71. The van der Waals surface area contributed by atoms with Gasteiger partial charge < -0.3 is 4.74 Å². The Hall–Kier alpha value is -0.800. The van der Waals surface area contributed by atoms with Crippen molar-refractivity contribution in [3.05, 3.63) is 23.8 Å². The molecule has 0 radical (unpaired) electrons. The van der Waals surface area contributed by atoms with E-state index in [2.05, 4.69) is 4.74 Å². The molecule has 0 saturated carbocycles. The minimum atomic E-state index is -1.37. The van der Waals surface area contributed by atoms with Crippen molar-refractivity contribution in [3.8, 4) is 0 Å². The fourth-order valence-electron chi connectivity index (χ4n) is 1.32. The fraction of sp³-hybridized carbons (Fsp3) is 0.455. The van der Waals surface area contributed by atoms with Gasteiger partial charge in [0.2, 0.25) is 0 Å². The molecule has 0 spiro atoms. The average Bonchev–Trinajstić information content (AvgIpc) is 2.21. The summed E-state index contributed by atoms with van der Waals surface area (Å²) in [4.78, 5) is 22.7. The van der Waals surface area contributed by atoms with Crippen LogP contribution in [0.1, 0.15) is 19.8 Å². The van der Waals surface area contributed by atoms with Crippen molar-refractivity contribution in [2.24, 2.45) is 0 Å². The van der Waals surface area contributed by atoms with Gasteiger partial charge >= 0.3 is 5.97 Å². The van der Waals surface area contributed by atoms with Crippen LogP contribution < -0.4 is 0 Å². The Morgan fingerprint density at radius 2 is 2.31 bits per heavy atom. The van der Waals surface area contributed by atoms with Gasteiger partial charge in [-0.1, -0.05) is 29.3 Å². The Kier molecular flexibility index (Phi) is 4.56. The van der Waals surface area contributed by atoms with Crippen molar-refractivity contribution in [1.29, 1.82) is 0 Å². The van der Waals surface area contributed by atoms with E-state index in [0.717, 1.165) is 0 Å². The topological polar surface area (TPSA) is 43.4 Å². The highest BCUT2D eigenvalue weighted by atomic mass is 35.5. The number of rotatable bonds is 3. The number of hydrogen-bond donors (Lipinski definition) is 0. The zero-order chi connectivity index (χ0) is 12.2. The van der Waals surface area contributed by atoms with Crippen LogP contribution in [0.25, 0.3) is 0 Å². The highest BCUT2D eigenvalue weighted by molar-refractivity contribution is 6.60. The summed E-state index contributed by atoms with van der Waals surface area (Å²) < 4.78 is 3.32. The van der Waals surface area contributed by atoms with E-state index < -0.39 is 10.3 Å². The predicted molar refractivity (Wildman–Crippen MR) is 62.5 cm³/mol. The van der Waals surface area contributed by atoms with Crippen molar-refractivity contribution >= 4 is 35.0 Å². The molecule has 0 aromatic heterocycles. The molecule has 5 heteroatoms. The lowest BCUT2D eigenvalue weighted by atomic mass is 9.97. The molecule has 0 saturated heterocycles. The van der Waals surface area contributed by atoms with E-state index in [1.807, 2.05) is 0 Å². The van der Waals surface area contributed by atoms with Gasteiger partial charge in [-0.25, -0.2) is 4.79 Å². The molecule has 16 heavy (non-hydrogen) atoms. The summed E-state index contributed by atoms with van der Waals surface area (Å²) in [5.41, 5.74) is 0.351. The van der Waals surface area contributed by atoms with Crippen LogP contribution in [0.15, 0.2) is 23.8 Å². The maximum absolute atomic E-state index is 11.7. The lowest BCUT2D eigenvalue weighted by molar-refractivity contribution is -0.137. The second kappa shape index (κ2) is 5.51. The van der Waals surface area contributed by atoms with Gasteiger partial charge in [-0.05, 0) is 25.8 Å². The van der Waals surface area contributed by atoms with E-state index >= 15 is 0 Å². The summed E-state index contributed by atoms with van der Waals surface area (Å²) in [5.74, 6) is -0.862. The lowest BCUT2D eigenvalue weighted by Crippen LogP contribution is -2.29. The number of allylic oxidation sites excluding steroid dienone is 3. The number of ketones is 1. The summed E-state index contributed by atoms with van der Waals surface area (Å²) in [7, 11) is 0. The summed E-state index contributed by atoms with van der Waals surface area (Å²) >= 11 is 11.6. The van der Waals surface area contributed by atoms with Crippen LogP contribution in [0.5, 0.6) is 0 Å². The van der Waals surface area contributed by atoms with Crippen molar-refractivity contribution < 1.29 is 14.3 Å². The van der Waals surface area contributed by atoms with Crippen LogP contribution >= 0.6 is 23.2 Å². The highest BCUT2D eigenvalue weighted by Gasteiger charge is 2.36. The van der Waals surface area contributed by atoms with Crippen molar-refractivity contribution in [3.63, 3.8) is 0 Å². The molecule has 0 amide bonds. The fourth-order valence-corrected chi connectivity index (χ4v) is 1.75. The summed E-state index contributed by atoms with van der Waals surface area (Å²) in [6.45, 7) is 2.00. The van der Waals surface area contributed by atoms with Crippen molar-refractivity contribution in [2.45, 2.75) is 24.1 Å². The second-order valence-electron chi connectivity index (χ2n) is 3.32. The molecule has 0 heterocycles. The number of carbonyl (C=O) groups is 2. The van der Waals surface area contributed by atoms with Crippen LogP contribution in [0.4, 0.5) is 0 Å². The maximum atomic E-state index is 11.7. The minimum Gasteiger partial charge on any atom is -0.463 e. The molecular weight excluding hydrogens is 251 g/mol. The summed E-state index contributed by atoms with van der Waals surface area (Å²) in [5, 5.41) is 0. The molecule has 1 aliphatic rings. The zero-order valence-corrected chi connectivity index (χ0v) is 10.3. The largest absolute Gasteiger partial charge is 0.463 e.